The van der Waals surface area contributed by atoms with Gasteiger partial charge in [0.25, 0.3) is 5.85 Å². The topological polar surface area (TPSA) is 84.0 Å². The summed E-state index contributed by atoms with van der Waals surface area (Å²) < 4.78 is 3.23. The molecule has 0 radical (unpaired) electrons. The number of hydrogen-bond acceptors (Lipinski definition) is 6. The normalized spacial score (nSPS) is 17.6. The molecule has 0 fully saturated rings. The smallest absolute Gasteiger partial charge is 0.280 e. The van der Waals surface area contributed by atoms with E-state index in [4.69, 9.17) is 0 Å². The Bertz CT molecular complexity index is 644. The second-order valence-corrected chi connectivity index (χ2v) is 5.20. The maximum Gasteiger partial charge on any atom is 0.280 e. The molecule has 2 N–H and O–H groups in total. The number of nitrogens with one attached hydrogen (secondary N) is 1. The van der Waals surface area contributed by atoms with Gasteiger partial charge in [0.2, 0.25) is 0 Å². The van der Waals surface area contributed by atoms with Crippen molar-refractivity contribution < 1.29 is 5.11 Å². The van der Waals surface area contributed by atoms with Gasteiger partial charge in [0.1, 0.15) is 18.2 Å². The zero-order chi connectivity index (χ0) is 14.9. The summed E-state index contributed by atoms with van der Waals surface area (Å²) >= 11 is 0. The van der Waals surface area contributed by atoms with Crippen LogP contribution in [0.1, 0.15) is 13.8 Å². The molecule has 8 heteroatoms. The van der Waals surface area contributed by atoms with Crippen LogP contribution in [0.2, 0.25) is 0 Å². The molecule has 3 rings (SSSR count). The fourth-order valence-electron chi connectivity index (χ4n) is 2.37. The van der Waals surface area contributed by atoms with Gasteiger partial charge in [-0.2, -0.15) is 9.78 Å². The van der Waals surface area contributed by atoms with E-state index in [1.807, 2.05) is 30.6 Å². The minimum Gasteiger partial charge on any atom is -0.349 e. The zero-order valence-electron chi connectivity index (χ0n) is 11.8. The first kappa shape index (κ1) is 13.4. The maximum atomic E-state index is 11.5. The second-order valence-electron chi connectivity index (χ2n) is 5.20. The van der Waals surface area contributed by atoms with Crippen LogP contribution >= 0.6 is 0 Å². The Morgan fingerprint density at radius 2 is 2.00 bits per heavy atom. The van der Waals surface area contributed by atoms with Crippen LogP contribution in [0.5, 0.6) is 0 Å². The Balaban J connectivity index is 2.13. The van der Waals surface area contributed by atoms with E-state index in [2.05, 4.69) is 20.5 Å². The van der Waals surface area contributed by atoms with Crippen molar-refractivity contribution in [1.82, 2.24) is 34.8 Å². The van der Waals surface area contributed by atoms with E-state index < -0.39 is 11.4 Å². The molecule has 0 aromatic carbocycles. The van der Waals surface area contributed by atoms with Crippen molar-refractivity contribution in [3.63, 3.8) is 0 Å². The lowest BCUT2D eigenvalue weighted by atomic mass is 9.96. The molecule has 0 saturated carbocycles. The molecule has 1 aliphatic heterocycles. The van der Waals surface area contributed by atoms with E-state index >= 15 is 0 Å². The number of rotatable bonds is 4. The Morgan fingerprint density at radius 1 is 1.14 bits per heavy atom. The van der Waals surface area contributed by atoms with Gasteiger partial charge in [-0.05, 0) is 26.0 Å². The lowest BCUT2D eigenvalue weighted by Gasteiger charge is -2.48. The molecule has 3 heterocycles. The van der Waals surface area contributed by atoms with Crippen LogP contribution in [0.15, 0.2) is 55.9 Å². The molecule has 8 nitrogen and oxygen atoms in total. The second kappa shape index (κ2) is 4.74. The van der Waals surface area contributed by atoms with Gasteiger partial charge in [0.05, 0.1) is 6.33 Å². The highest BCUT2D eigenvalue weighted by Gasteiger charge is 2.52. The SMILES string of the molecule is CC(C)(n1ccnc1)C(O)(N1C=CC=CN1)n1cncn1. The monoisotopic (exact) mass is 287 g/mol. The highest BCUT2D eigenvalue weighted by Crippen LogP contribution is 2.36. The van der Waals surface area contributed by atoms with Crippen LogP contribution in [-0.2, 0) is 11.4 Å². The van der Waals surface area contributed by atoms with Gasteiger partial charge in [-0.15, -0.1) is 0 Å². The van der Waals surface area contributed by atoms with E-state index in [0.29, 0.717) is 0 Å². The van der Waals surface area contributed by atoms with Gasteiger partial charge in [-0.3, -0.25) is 0 Å². The predicted octanol–water partition coefficient (Wildman–Crippen LogP) is 0.360. The number of allylic oxidation sites excluding steroid dienone is 2. The Hall–Kier alpha value is -2.61. The molecule has 0 spiro atoms. The zero-order valence-corrected chi connectivity index (χ0v) is 11.8. The van der Waals surface area contributed by atoms with Crippen LogP contribution in [-0.4, -0.2) is 34.4 Å². The van der Waals surface area contributed by atoms with Crippen molar-refractivity contribution >= 4 is 0 Å². The van der Waals surface area contributed by atoms with Crippen molar-refractivity contribution in [2.45, 2.75) is 25.2 Å². The van der Waals surface area contributed by atoms with E-state index in [0.717, 1.165) is 0 Å². The summed E-state index contributed by atoms with van der Waals surface area (Å²) in [4.78, 5) is 8.01. The fraction of sp³-hybridized carbons (Fsp3) is 0.308. The third kappa shape index (κ3) is 1.91. The van der Waals surface area contributed by atoms with Gasteiger partial charge < -0.3 is 15.1 Å². The number of hydrogen-bond donors (Lipinski definition) is 2. The minimum atomic E-state index is -1.54. The summed E-state index contributed by atoms with van der Waals surface area (Å²) in [7, 11) is 0. The van der Waals surface area contributed by atoms with Crippen molar-refractivity contribution in [2.75, 3.05) is 0 Å². The van der Waals surface area contributed by atoms with Gasteiger partial charge >= 0.3 is 0 Å². The molecule has 0 bridgehead atoms. The van der Waals surface area contributed by atoms with Crippen LogP contribution in [0.3, 0.4) is 0 Å². The Morgan fingerprint density at radius 3 is 2.57 bits per heavy atom. The minimum absolute atomic E-state index is 0.792. The molecule has 21 heavy (non-hydrogen) atoms. The molecule has 1 unspecified atom stereocenters. The molecular formula is C13H17N7O. The number of aliphatic hydroxyl groups is 1. The Kier molecular flexibility index (Phi) is 3.02. The first-order chi connectivity index (χ1) is 10.1. The first-order valence-corrected chi connectivity index (χ1v) is 6.51. The number of aromatic nitrogens is 5. The quantitative estimate of drug-likeness (QED) is 0.844. The summed E-state index contributed by atoms with van der Waals surface area (Å²) in [6.45, 7) is 3.79. The standard InChI is InChI=1S/C13H17N7O/c1-12(2,18-8-6-14-10-18)13(21,20-11-15-9-17-20)19-7-4-3-5-16-19/h3-11,16,21H,1-2H3. The van der Waals surface area contributed by atoms with Gasteiger partial charge in [0.15, 0.2) is 0 Å². The van der Waals surface area contributed by atoms with Crippen LogP contribution in [0.25, 0.3) is 0 Å². The molecule has 2 aromatic heterocycles. The summed E-state index contributed by atoms with van der Waals surface area (Å²) in [5.41, 5.74) is 2.22. The summed E-state index contributed by atoms with van der Waals surface area (Å²) in [5.74, 6) is -1.54. The lowest BCUT2D eigenvalue weighted by Crippen LogP contribution is -2.65. The predicted molar refractivity (Wildman–Crippen MR) is 75.0 cm³/mol. The van der Waals surface area contributed by atoms with Gasteiger partial charge in [0, 0.05) is 24.8 Å². The van der Waals surface area contributed by atoms with Gasteiger partial charge in [-0.25, -0.2) is 15.0 Å². The largest absolute Gasteiger partial charge is 0.349 e. The lowest BCUT2D eigenvalue weighted by molar-refractivity contribution is -0.242. The molecule has 2 aromatic rings. The first-order valence-electron chi connectivity index (χ1n) is 6.51. The molecule has 1 atom stereocenters. The highest BCUT2D eigenvalue weighted by molar-refractivity contribution is 5.09. The molecule has 0 aliphatic carbocycles. The molecule has 0 saturated heterocycles. The van der Waals surface area contributed by atoms with Crippen molar-refractivity contribution in [3.8, 4) is 0 Å². The summed E-state index contributed by atoms with van der Waals surface area (Å²) in [6, 6.07) is 0. The third-order valence-corrected chi connectivity index (χ3v) is 3.70. The van der Waals surface area contributed by atoms with Crippen LogP contribution < -0.4 is 5.43 Å². The van der Waals surface area contributed by atoms with E-state index in [-0.39, 0.29) is 0 Å². The molecular weight excluding hydrogens is 270 g/mol. The van der Waals surface area contributed by atoms with E-state index in [9.17, 15) is 5.11 Å². The number of hydrazine groups is 1. The van der Waals surface area contributed by atoms with Crippen LogP contribution in [0, 0.1) is 0 Å². The average molecular weight is 287 g/mol. The van der Waals surface area contributed by atoms with Crippen molar-refractivity contribution in [2.24, 2.45) is 0 Å². The highest BCUT2D eigenvalue weighted by atomic mass is 16.3. The third-order valence-electron chi connectivity index (χ3n) is 3.70. The maximum absolute atomic E-state index is 11.5. The van der Waals surface area contributed by atoms with Crippen molar-refractivity contribution in [3.05, 3.63) is 55.9 Å². The summed E-state index contributed by atoms with van der Waals surface area (Å²) in [5, 5.41) is 17.2. The summed E-state index contributed by atoms with van der Waals surface area (Å²) in [6.07, 6.45) is 15.1. The van der Waals surface area contributed by atoms with E-state index in [1.165, 1.54) is 17.3 Å². The number of imidazole rings is 1. The van der Waals surface area contributed by atoms with Crippen LogP contribution in [0.4, 0.5) is 0 Å². The van der Waals surface area contributed by atoms with Gasteiger partial charge in [-0.1, -0.05) is 0 Å². The fourth-order valence-corrected chi connectivity index (χ4v) is 2.37. The molecule has 1 aliphatic rings. The molecule has 0 amide bonds. The van der Waals surface area contributed by atoms with Crippen molar-refractivity contribution in [1.29, 1.82) is 0 Å². The number of nitrogens with zero attached hydrogens (tertiary/aromatic N) is 6. The molecule has 110 valence electrons. The van der Waals surface area contributed by atoms with E-state index in [1.54, 1.807) is 36.1 Å². The average Bonchev–Trinajstić information content (AvgIpc) is 3.20. The Labute approximate surface area is 122 Å².